The molecule has 5 heteroatoms. The summed E-state index contributed by atoms with van der Waals surface area (Å²) in [5, 5.41) is 19.3. The van der Waals surface area contributed by atoms with Gasteiger partial charge >= 0.3 is 0 Å². The van der Waals surface area contributed by atoms with Crippen molar-refractivity contribution < 1.29 is 9.72 Å². The summed E-state index contributed by atoms with van der Waals surface area (Å²) < 4.78 is 0. The van der Waals surface area contributed by atoms with Crippen LogP contribution in [0.2, 0.25) is 0 Å². The SMILES string of the molecule is N#Cc1cc(C=CCC=O)cc([N+](=O)[O-])c1. The first-order chi connectivity index (χ1) is 7.67. The number of nitro groups is 1. The zero-order chi connectivity index (χ0) is 12.0. The van der Waals surface area contributed by atoms with E-state index in [1.165, 1.54) is 18.2 Å². The highest BCUT2D eigenvalue weighted by Crippen LogP contribution is 2.17. The lowest BCUT2D eigenvalue weighted by Gasteiger charge is -1.96. The second kappa shape index (κ2) is 5.41. The number of benzene rings is 1. The van der Waals surface area contributed by atoms with E-state index >= 15 is 0 Å². The lowest BCUT2D eigenvalue weighted by Crippen LogP contribution is -1.90. The molecular weight excluding hydrogens is 208 g/mol. The van der Waals surface area contributed by atoms with E-state index in [1.54, 1.807) is 12.2 Å². The normalized spacial score (nSPS) is 9.94. The minimum Gasteiger partial charge on any atom is -0.303 e. The van der Waals surface area contributed by atoms with Crippen molar-refractivity contribution in [2.75, 3.05) is 0 Å². The molecule has 1 rings (SSSR count). The van der Waals surface area contributed by atoms with E-state index < -0.39 is 4.92 Å². The Kier molecular flexibility index (Phi) is 3.92. The fourth-order valence-electron chi connectivity index (χ4n) is 1.16. The van der Waals surface area contributed by atoms with Crippen molar-refractivity contribution in [3.63, 3.8) is 0 Å². The number of aldehydes is 1. The minimum atomic E-state index is -0.558. The van der Waals surface area contributed by atoms with Crippen molar-refractivity contribution in [1.29, 1.82) is 5.26 Å². The molecule has 1 aromatic rings. The van der Waals surface area contributed by atoms with Crippen LogP contribution in [0.4, 0.5) is 5.69 Å². The van der Waals surface area contributed by atoms with Gasteiger partial charge in [0.25, 0.3) is 5.69 Å². The van der Waals surface area contributed by atoms with Crippen molar-refractivity contribution in [3.05, 3.63) is 45.5 Å². The lowest BCUT2D eigenvalue weighted by molar-refractivity contribution is -0.384. The van der Waals surface area contributed by atoms with Crippen molar-refractivity contribution in [2.24, 2.45) is 0 Å². The van der Waals surface area contributed by atoms with Crippen LogP contribution in [0.15, 0.2) is 24.3 Å². The number of carbonyl (C=O) groups excluding carboxylic acids is 1. The number of non-ortho nitro benzene ring substituents is 1. The molecule has 0 aliphatic rings. The van der Waals surface area contributed by atoms with Gasteiger partial charge in [-0.3, -0.25) is 10.1 Å². The van der Waals surface area contributed by atoms with Gasteiger partial charge in [-0.05, 0) is 11.6 Å². The molecule has 0 saturated heterocycles. The molecule has 0 unspecified atom stereocenters. The highest BCUT2D eigenvalue weighted by atomic mass is 16.6. The van der Waals surface area contributed by atoms with Crippen LogP contribution in [0.3, 0.4) is 0 Å². The van der Waals surface area contributed by atoms with Gasteiger partial charge in [0.05, 0.1) is 16.6 Å². The van der Waals surface area contributed by atoms with Crippen LogP contribution in [-0.2, 0) is 4.79 Å². The first-order valence-corrected chi connectivity index (χ1v) is 4.47. The molecule has 0 atom stereocenters. The molecule has 5 nitrogen and oxygen atoms in total. The predicted octanol–water partition coefficient (Wildman–Crippen LogP) is 2.07. The molecule has 0 radical (unpaired) electrons. The minimum absolute atomic E-state index is 0.134. The first-order valence-electron chi connectivity index (χ1n) is 4.47. The third kappa shape index (κ3) is 3.03. The molecule has 0 fully saturated rings. The molecule has 0 bridgehead atoms. The van der Waals surface area contributed by atoms with Gasteiger partial charge in [-0.1, -0.05) is 12.2 Å². The fraction of sp³-hybridized carbons (Fsp3) is 0.0909. The average molecular weight is 216 g/mol. The molecule has 0 amide bonds. The number of carbonyl (C=O) groups is 1. The van der Waals surface area contributed by atoms with Crippen LogP contribution in [0.1, 0.15) is 17.5 Å². The Morgan fingerprint density at radius 2 is 2.19 bits per heavy atom. The smallest absolute Gasteiger partial charge is 0.271 e. The zero-order valence-corrected chi connectivity index (χ0v) is 8.29. The molecule has 0 aliphatic heterocycles. The van der Waals surface area contributed by atoms with Gasteiger partial charge in [-0.2, -0.15) is 5.26 Å². The van der Waals surface area contributed by atoms with Crippen molar-refractivity contribution >= 4 is 18.0 Å². The van der Waals surface area contributed by atoms with Crippen molar-refractivity contribution in [2.45, 2.75) is 6.42 Å². The second-order valence-corrected chi connectivity index (χ2v) is 2.99. The van der Waals surface area contributed by atoms with Crippen molar-refractivity contribution in [1.82, 2.24) is 0 Å². The monoisotopic (exact) mass is 216 g/mol. The molecule has 0 N–H and O–H groups in total. The van der Waals surface area contributed by atoms with Crippen molar-refractivity contribution in [3.8, 4) is 6.07 Å². The van der Waals surface area contributed by atoms with Crippen LogP contribution in [0.5, 0.6) is 0 Å². The number of nitrogens with zero attached hydrogens (tertiary/aromatic N) is 2. The summed E-state index contributed by atoms with van der Waals surface area (Å²) in [5.74, 6) is 0. The van der Waals surface area contributed by atoms with Crippen LogP contribution in [0, 0.1) is 21.4 Å². The molecule has 0 heterocycles. The van der Waals surface area contributed by atoms with Gasteiger partial charge in [-0.25, -0.2) is 0 Å². The van der Waals surface area contributed by atoms with E-state index in [4.69, 9.17) is 5.26 Å². The number of nitro benzene ring substituents is 1. The van der Waals surface area contributed by atoms with Gasteiger partial charge in [0.2, 0.25) is 0 Å². The Morgan fingerprint density at radius 3 is 2.75 bits per heavy atom. The second-order valence-electron chi connectivity index (χ2n) is 2.99. The number of allylic oxidation sites excluding steroid dienone is 1. The summed E-state index contributed by atoms with van der Waals surface area (Å²) in [6.07, 6.45) is 4.11. The summed E-state index contributed by atoms with van der Waals surface area (Å²) in [4.78, 5) is 20.1. The maximum atomic E-state index is 10.6. The van der Waals surface area contributed by atoms with E-state index in [0.717, 1.165) is 6.29 Å². The van der Waals surface area contributed by atoms with Gasteiger partial charge in [0.1, 0.15) is 6.29 Å². The Bertz CT molecular complexity index is 486. The third-order valence-electron chi connectivity index (χ3n) is 1.82. The summed E-state index contributed by atoms with van der Waals surface area (Å²) in [5.41, 5.74) is 0.623. The van der Waals surface area contributed by atoms with Gasteiger partial charge in [0.15, 0.2) is 0 Å². The van der Waals surface area contributed by atoms with E-state index in [1.807, 2.05) is 6.07 Å². The summed E-state index contributed by atoms with van der Waals surface area (Å²) >= 11 is 0. The van der Waals surface area contributed by atoms with Crippen LogP contribution >= 0.6 is 0 Å². The highest BCUT2D eigenvalue weighted by Gasteiger charge is 2.07. The van der Waals surface area contributed by atoms with E-state index in [-0.39, 0.29) is 17.7 Å². The topological polar surface area (TPSA) is 84.0 Å². The molecule has 80 valence electrons. The Labute approximate surface area is 91.8 Å². The summed E-state index contributed by atoms with van der Waals surface area (Å²) in [7, 11) is 0. The molecule has 0 spiro atoms. The molecule has 0 aromatic heterocycles. The number of nitriles is 1. The van der Waals surface area contributed by atoms with Gasteiger partial charge < -0.3 is 4.79 Å². The molecule has 16 heavy (non-hydrogen) atoms. The summed E-state index contributed by atoms with van der Waals surface area (Å²) in [6.45, 7) is 0. The third-order valence-corrected chi connectivity index (χ3v) is 1.82. The maximum absolute atomic E-state index is 10.6. The highest BCUT2D eigenvalue weighted by molar-refractivity contribution is 5.61. The fourth-order valence-corrected chi connectivity index (χ4v) is 1.16. The molecule has 0 saturated carbocycles. The quantitative estimate of drug-likeness (QED) is 0.438. The molecule has 1 aromatic carbocycles. The number of hydrogen-bond acceptors (Lipinski definition) is 4. The lowest BCUT2D eigenvalue weighted by atomic mass is 10.1. The first kappa shape index (κ1) is 11.6. The van der Waals surface area contributed by atoms with Crippen LogP contribution < -0.4 is 0 Å². The van der Waals surface area contributed by atoms with Crippen LogP contribution in [-0.4, -0.2) is 11.2 Å². The number of hydrogen-bond donors (Lipinski definition) is 0. The van der Waals surface area contributed by atoms with E-state index in [2.05, 4.69) is 0 Å². The zero-order valence-electron chi connectivity index (χ0n) is 8.29. The largest absolute Gasteiger partial charge is 0.303 e. The Morgan fingerprint density at radius 1 is 1.44 bits per heavy atom. The van der Waals surface area contributed by atoms with Crippen LogP contribution in [0.25, 0.3) is 6.08 Å². The summed E-state index contributed by atoms with van der Waals surface area (Å²) in [6, 6.07) is 5.92. The molecular formula is C11H8N2O3. The maximum Gasteiger partial charge on any atom is 0.271 e. The van der Waals surface area contributed by atoms with Gasteiger partial charge in [-0.15, -0.1) is 0 Å². The Balaban J connectivity index is 3.10. The van der Waals surface area contributed by atoms with E-state index in [0.29, 0.717) is 5.56 Å². The standard InChI is InChI=1S/C11H8N2O3/c12-8-10-5-9(3-1-2-4-14)6-11(7-10)13(15)16/h1,3-7H,2H2. The average Bonchev–Trinajstić information content (AvgIpc) is 2.29. The predicted molar refractivity (Wildman–Crippen MR) is 57.5 cm³/mol. The molecule has 0 aliphatic carbocycles. The van der Waals surface area contributed by atoms with E-state index in [9.17, 15) is 14.9 Å². The number of rotatable bonds is 4. The Hall–Kier alpha value is -2.48. The van der Waals surface area contributed by atoms with Gasteiger partial charge in [0, 0.05) is 18.6 Å².